The third-order valence-electron chi connectivity index (χ3n) is 2.41. The summed E-state index contributed by atoms with van der Waals surface area (Å²) in [6, 6.07) is 9.11. The van der Waals surface area contributed by atoms with E-state index in [4.69, 9.17) is 15.7 Å². The van der Waals surface area contributed by atoms with E-state index in [0.29, 0.717) is 17.0 Å². The van der Waals surface area contributed by atoms with E-state index in [1.807, 2.05) is 13.0 Å². The van der Waals surface area contributed by atoms with Crippen LogP contribution in [0.15, 0.2) is 34.9 Å². The van der Waals surface area contributed by atoms with Crippen molar-refractivity contribution in [1.82, 2.24) is 4.98 Å². The molecule has 0 aliphatic carbocycles. The lowest BCUT2D eigenvalue weighted by molar-refractivity contribution is 0.463. The Kier molecular flexibility index (Phi) is 3.49. The van der Waals surface area contributed by atoms with Crippen LogP contribution in [0.4, 0.5) is 5.69 Å². The van der Waals surface area contributed by atoms with Crippen molar-refractivity contribution < 1.29 is 4.74 Å². The molecule has 2 aromatic rings. The Morgan fingerprint density at radius 3 is 2.83 bits per heavy atom. The van der Waals surface area contributed by atoms with E-state index in [9.17, 15) is 0 Å². The van der Waals surface area contributed by atoms with Gasteiger partial charge in [0.05, 0.1) is 5.69 Å². The summed E-state index contributed by atoms with van der Waals surface area (Å²) in [5.41, 5.74) is 7.55. The molecule has 1 aromatic carbocycles. The predicted molar refractivity (Wildman–Crippen MR) is 72.3 cm³/mol. The molecule has 0 fully saturated rings. The molecule has 2 N–H and O–H groups in total. The van der Waals surface area contributed by atoms with Crippen LogP contribution in [-0.4, -0.2) is 4.98 Å². The van der Waals surface area contributed by atoms with Crippen LogP contribution in [0.2, 0.25) is 0 Å². The number of hydrogen-bond acceptors (Lipinski definition) is 4. The van der Waals surface area contributed by atoms with Gasteiger partial charge in [0.15, 0.2) is 5.75 Å². The number of ether oxygens (including phenoxy) is 1. The van der Waals surface area contributed by atoms with Crippen LogP contribution in [-0.2, 0) is 0 Å². The summed E-state index contributed by atoms with van der Waals surface area (Å²) in [6.45, 7) is 1.83. The Morgan fingerprint density at radius 1 is 1.39 bits per heavy atom. The number of benzene rings is 1. The number of aryl methyl sites for hydroxylation is 1. The third kappa shape index (κ3) is 2.44. The molecular weight excluding hydrogens is 294 g/mol. The van der Waals surface area contributed by atoms with Crippen molar-refractivity contribution in [2.24, 2.45) is 0 Å². The molecule has 0 radical (unpaired) electrons. The van der Waals surface area contributed by atoms with Gasteiger partial charge in [0.25, 0.3) is 0 Å². The Hall–Kier alpha value is -2.06. The summed E-state index contributed by atoms with van der Waals surface area (Å²) >= 11 is 3.32. The number of nitrogens with zero attached hydrogens (tertiary/aromatic N) is 2. The highest BCUT2D eigenvalue weighted by atomic mass is 79.9. The third-order valence-corrected chi connectivity index (χ3v) is 2.91. The van der Waals surface area contributed by atoms with Crippen LogP contribution in [0.1, 0.15) is 11.1 Å². The minimum atomic E-state index is 0.270. The highest BCUT2D eigenvalue weighted by molar-refractivity contribution is 9.10. The molecule has 5 heteroatoms. The van der Waals surface area contributed by atoms with Gasteiger partial charge in [-0.1, -0.05) is 15.9 Å². The Labute approximate surface area is 113 Å². The number of nitrogen functional groups attached to an aromatic ring is 1. The van der Waals surface area contributed by atoms with Crippen molar-refractivity contribution in [2.75, 3.05) is 5.73 Å². The van der Waals surface area contributed by atoms with Gasteiger partial charge in [0.2, 0.25) is 5.88 Å². The Morgan fingerprint density at radius 2 is 2.17 bits per heavy atom. The van der Waals surface area contributed by atoms with Crippen molar-refractivity contribution in [3.05, 3.63) is 46.1 Å². The Balaban J connectivity index is 2.41. The van der Waals surface area contributed by atoms with E-state index in [2.05, 4.69) is 27.0 Å². The maximum Gasteiger partial charge on any atom is 0.237 e. The molecule has 90 valence electrons. The standard InChI is InChI=1S/C13H10BrN3O/c1-8-4-5-17-13(10(8)7-15)18-12-3-2-9(14)6-11(12)16/h2-6H,16H2,1H3. The molecule has 0 spiro atoms. The SMILES string of the molecule is Cc1ccnc(Oc2ccc(Br)cc2N)c1C#N. The van der Waals surface area contributed by atoms with Crippen molar-refractivity contribution in [3.63, 3.8) is 0 Å². The Bertz CT molecular complexity index is 635. The zero-order valence-corrected chi connectivity index (χ0v) is 11.2. The van der Waals surface area contributed by atoms with Crippen molar-refractivity contribution >= 4 is 21.6 Å². The first-order valence-corrected chi connectivity index (χ1v) is 5.99. The summed E-state index contributed by atoms with van der Waals surface area (Å²) in [5.74, 6) is 0.749. The zero-order valence-electron chi connectivity index (χ0n) is 9.64. The fraction of sp³-hybridized carbons (Fsp3) is 0.0769. The highest BCUT2D eigenvalue weighted by Gasteiger charge is 2.10. The monoisotopic (exact) mass is 303 g/mol. The van der Waals surface area contributed by atoms with Crippen LogP contribution in [0, 0.1) is 18.3 Å². The van der Waals surface area contributed by atoms with Gasteiger partial charge in [-0.15, -0.1) is 0 Å². The second-order valence-electron chi connectivity index (χ2n) is 3.70. The van der Waals surface area contributed by atoms with Gasteiger partial charge < -0.3 is 10.5 Å². The van der Waals surface area contributed by atoms with E-state index in [0.717, 1.165) is 10.0 Å². The van der Waals surface area contributed by atoms with Gasteiger partial charge >= 0.3 is 0 Å². The second kappa shape index (κ2) is 5.07. The fourth-order valence-corrected chi connectivity index (χ4v) is 1.84. The molecule has 4 nitrogen and oxygen atoms in total. The highest BCUT2D eigenvalue weighted by Crippen LogP contribution is 2.30. The lowest BCUT2D eigenvalue weighted by Crippen LogP contribution is -1.97. The number of anilines is 1. The van der Waals surface area contributed by atoms with E-state index in [-0.39, 0.29) is 5.88 Å². The normalized spacial score (nSPS) is 9.83. The van der Waals surface area contributed by atoms with Crippen LogP contribution in [0.5, 0.6) is 11.6 Å². The van der Waals surface area contributed by atoms with Crippen molar-refractivity contribution in [3.8, 4) is 17.7 Å². The van der Waals surface area contributed by atoms with E-state index in [1.165, 1.54) is 0 Å². The largest absolute Gasteiger partial charge is 0.436 e. The molecule has 0 saturated heterocycles. The number of nitriles is 1. The molecule has 0 bridgehead atoms. The van der Waals surface area contributed by atoms with Gasteiger partial charge in [-0.05, 0) is 36.8 Å². The van der Waals surface area contributed by atoms with Gasteiger partial charge in [0, 0.05) is 10.7 Å². The first-order valence-electron chi connectivity index (χ1n) is 5.20. The number of aromatic nitrogens is 1. The molecule has 0 aliphatic heterocycles. The molecule has 1 heterocycles. The number of rotatable bonds is 2. The maximum absolute atomic E-state index is 9.08. The minimum absolute atomic E-state index is 0.270. The molecule has 18 heavy (non-hydrogen) atoms. The van der Waals surface area contributed by atoms with Crippen LogP contribution in [0.3, 0.4) is 0 Å². The van der Waals surface area contributed by atoms with Crippen LogP contribution < -0.4 is 10.5 Å². The first kappa shape index (κ1) is 12.4. The van der Waals surface area contributed by atoms with Crippen LogP contribution >= 0.6 is 15.9 Å². The lowest BCUT2D eigenvalue weighted by Gasteiger charge is -2.09. The van der Waals surface area contributed by atoms with Gasteiger partial charge in [-0.25, -0.2) is 4.98 Å². The summed E-state index contributed by atoms with van der Waals surface area (Å²) in [4.78, 5) is 4.06. The summed E-state index contributed by atoms with van der Waals surface area (Å²) in [5, 5.41) is 9.08. The zero-order chi connectivity index (χ0) is 13.1. The molecular formula is C13H10BrN3O. The smallest absolute Gasteiger partial charge is 0.237 e. The number of pyridine rings is 1. The van der Waals surface area contributed by atoms with Crippen LogP contribution in [0.25, 0.3) is 0 Å². The molecule has 1 aromatic heterocycles. The van der Waals surface area contributed by atoms with Crippen molar-refractivity contribution in [2.45, 2.75) is 6.92 Å². The number of nitrogens with two attached hydrogens (primary N) is 1. The average Bonchev–Trinajstić information content (AvgIpc) is 2.33. The quantitative estimate of drug-likeness (QED) is 0.863. The van der Waals surface area contributed by atoms with E-state index >= 15 is 0 Å². The molecule has 0 saturated carbocycles. The van der Waals surface area contributed by atoms with Gasteiger partial charge in [0.1, 0.15) is 11.6 Å². The maximum atomic E-state index is 9.08. The van der Waals surface area contributed by atoms with Gasteiger partial charge in [-0.3, -0.25) is 0 Å². The van der Waals surface area contributed by atoms with Gasteiger partial charge in [-0.2, -0.15) is 5.26 Å². The predicted octanol–water partition coefficient (Wildman–Crippen LogP) is 3.40. The minimum Gasteiger partial charge on any atom is -0.436 e. The van der Waals surface area contributed by atoms with E-state index < -0.39 is 0 Å². The molecule has 0 atom stereocenters. The molecule has 0 amide bonds. The fourth-order valence-electron chi connectivity index (χ4n) is 1.46. The summed E-state index contributed by atoms with van der Waals surface area (Å²) in [6.07, 6.45) is 1.60. The summed E-state index contributed by atoms with van der Waals surface area (Å²) < 4.78 is 6.45. The van der Waals surface area contributed by atoms with Crippen molar-refractivity contribution in [1.29, 1.82) is 5.26 Å². The second-order valence-corrected chi connectivity index (χ2v) is 4.62. The molecule has 0 aliphatic rings. The average molecular weight is 304 g/mol. The topological polar surface area (TPSA) is 71.9 Å². The number of hydrogen-bond donors (Lipinski definition) is 1. The summed E-state index contributed by atoms with van der Waals surface area (Å²) in [7, 11) is 0. The molecule has 0 unspecified atom stereocenters. The molecule has 2 rings (SSSR count). The van der Waals surface area contributed by atoms with E-state index in [1.54, 1.807) is 24.4 Å². The number of halogens is 1. The lowest BCUT2D eigenvalue weighted by atomic mass is 10.2. The first-order chi connectivity index (χ1) is 8.61.